The van der Waals surface area contributed by atoms with E-state index in [1.807, 2.05) is 6.92 Å². The van der Waals surface area contributed by atoms with Gasteiger partial charge in [-0.2, -0.15) is 4.39 Å². The summed E-state index contributed by atoms with van der Waals surface area (Å²) in [5.74, 6) is -0.836. The van der Waals surface area contributed by atoms with Crippen molar-refractivity contribution in [2.24, 2.45) is 0 Å². The Morgan fingerprint density at radius 2 is 2.00 bits per heavy atom. The molecule has 0 unspecified atom stereocenters. The van der Waals surface area contributed by atoms with Gasteiger partial charge in [-0.15, -0.1) is 0 Å². The highest BCUT2D eigenvalue weighted by molar-refractivity contribution is 5.36. The maximum atomic E-state index is 13.6. The maximum Gasteiger partial charge on any atom is 0.305 e. The van der Waals surface area contributed by atoms with Gasteiger partial charge in [0.25, 0.3) is 0 Å². The quantitative estimate of drug-likeness (QED) is 0.408. The lowest BCUT2D eigenvalue weighted by molar-refractivity contribution is -0.387. The highest BCUT2D eigenvalue weighted by Crippen LogP contribution is 2.20. The van der Waals surface area contributed by atoms with Crippen molar-refractivity contribution < 1.29 is 18.8 Å². The fraction of sp³-hybridized carbons (Fsp3) is 0.500. The first-order valence-electron chi connectivity index (χ1n) is 5.74. The minimum atomic E-state index is -0.836. The van der Waals surface area contributed by atoms with E-state index < -0.39 is 16.4 Å². The molecule has 5 nitrogen and oxygen atoms in total. The molecule has 100 valence electrons. The molecule has 0 aliphatic rings. The van der Waals surface area contributed by atoms with E-state index in [-0.39, 0.29) is 12.2 Å². The number of nitrogens with zero attached hydrogens (tertiary/aromatic N) is 1. The molecule has 0 bridgehead atoms. The van der Waals surface area contributed by atoms with Gasteiger partial charge < -0.3 is 9.47 Å². The van der Waals surface area contributed by atoms with Crippen molar-refractivity contribution >= 4 is 5.69 Å². The molecule has 0 aliphatic carbocycles. The molecule has 0 saturated heterocycles. The molecular formula is C12H16FNO4. The lowest BCUT2D eigenvalue weighted by atomic mass is 10.2. The standard InChI is InChI=1S/C12H16FNO4/c1-2-6-17-7-8-18-9-10-4-3-5-11(12(10)13)14(15)16/h3-5H,2,6-9H2,1H3. The second-order valence-corrected chi connectivity index (χ2v) is 3.67. The van der Waals surface area contributed by atoms with E-state index in [1.54, 1.807) is 0 Å². The molecule has 1 aromatic carbocycles. The predicted molar refractivity (Wildman–Crippen MR) is 63.8 cm³/mol. The van der Waals surface area contributed by atoms with Crippen molar-refractivity contribution in [2.45, 2.75) is 20.0 Å². The van der Waals surface area contributed by atoms with Gasteiger partial charge in [-0.1, -0.05) is 19.1 Å². The van der Waals surface area contributed by atoms with Gasteiger partial charge in [0.15, 0.2) is 0 Å². The Labute approximate surface area is 105 Å². The molecule has 0 atom stereocenters. The van der Waals surface area contributed by atoms with E-state index >= 15 is 0 Å². The number of nitro groups is 1. The number of benzene rings is 1. The average molecular weight is 257 g/mol. The Hall–Kier alpha value is -1.53. The molecule has 6 heteroatoms. The molecule has 0 aliphatic heterocycles. The zero-order valence-electron chi connectivity index (χ0n) is 10.2. The van der Waals surface area contributed by atoms with Gasteiger partial charge in [-0.05, 0) is 6.42 Å². The molecule has 1 rings (SSSR count). The summed E-state index contributed by atoms with van der Waals surface area (Å²) in [5.41, 5.74) is -0.349. The maximum absolute atomic E-state index is 13.6. The van der Waals surface area contributed by atoms with Gasteiger partial charge in [-0.3, -0.25) is 10.1 Å². The molecule has 0 radical (unpaired) electrons. The van der Waals surface area contributed by atoms with Gasteiger partial charge >= 0.3 is 5.69 Å². The Morgan fingerprint density at radius 3 is 2.67 bits per heavy atom. The van der Waals surface area contributed by atoms with Crippen LogP contribution in [0.25, 0.3) is 0 Å². The third kappa shape index (κ3) is 4.38. The van der Waals surface area contributed by atoms with E-state index in [2.05, 4.69) is 0 Å². The molecule has 0 amide bonds. The van der Waals surface area contributed by atoms with Crippen molar-refractivity contribution in [3.05, 3.63) is 39.7 Å². The van der Waals surface area contributed by atoms with Gasteiger partial charge in [0.2, 0.25) is 5.82 Å². The van der Waals surface area contributed by atoms with Gasteiger partial charge in [0.05, 0.1) is 24.7 Å². The molecule has 0 fully saturated rings. The number of hydrogen-bond donors (Lipinski definition) is 0. The molecule has 0 saturated carbocycles. The SMILES string of the molecule is CCCOCCOCc1cccc([N+](=O)[O-])c1F. The Kier molecular flexibility index (Phi) is 6.24. The fourth-order valence-electron chi connectivity index (χ4n) is 1.37. The van der Waals surface area contributed by atoms with Crippen molar-refractivity contribution in [3.63, 3.8) is 0 Å². The van der Waals surface area contributed by atoms with Crippen LogP contribution in [0.3, 0.4) is 0 Å². The lowest BCUT2D eigenvalue weighted by Crippen LogP contribution is -2.06. The van der Waals surface area contributed by atoms with Crippen LogP contribution in [0.1, 0.15) is 18.9 Å². The van der Waals surface area contributed by atoms with E-state index in [0.717, 1.165) is 12.5 Å². The summed E-state index contributed by atoms with van der Waals surface area (Å²) in [7, 11) is 0. The zero-order valence-corrected chi connectivity index (χ0v) is 10.2. The Balaban J connectivity index is 2.43. The molecule has 18 heavy (non-hydrogen) atoms. The summed E-state index contributed by atoms with van der Waals surface area (Å²) < 4.78 is 24.0. The minimum Gasteiger partial charge on any atom is -0.379 e. The number of hydrogen-bond acceptors (Lipinski definition) is 4. The van der Waals surface area contributed by atoms with E-state index in [0.29, 0.717) is 19.8 Å². The average Bonchev–Trinajstić information content (AvgIpc) is 2.35. The lowest BCUT2D eigenvalue weighted by Gasteiger charge is -2.06. The van der Waals surface area contributed by atoms with Crippen LogP contribution in [0.4, 0.5) is 10.1 Å². The predicted octanol–water partition coefficient (Wildman–Crippen LogP) is 2.68. The second-order valence-electron chi connectivity index (χ2n) is 3.67. The van der Waals surface area contributed by atoms with Crippen LogP contribution >= 0.6 is 0 Å². The highest BCUT2D eigenvalue weighted by Gasteiger charge is 2.16. The summed E-state index contributed by atoms with van der Waals surface area (Å²) >= 11 is 0. The first-order valence-corrected chi connectivity index (χ1v) is 5.74. The summed E-state index contributed by atoms with van der Waals surface area (Å²) in [6.45, 7) is 3.43. The van der Waals surface area contributed by atoms with Gasteiger partial charge in [0, 0.05) is 18.2 Å². The number of rotatable bonds is 8. The van der Waals surface area contributed by atoms with E-state index in [9.17, 15) is 14.5 Å². The Bertz CT molecular complexity index is 398. The molecule has 1 aromatic rings. The molecule has 0 heterocycles. The van der Waals surface area contributed by atoms with Crippen LogP contribution < -0.4 is 0 Å². The van der Waals surface area contributed by atoms with Crippen LogP contribution in [0.5, 0.6) is 0 Å². The van der Waals surface area contributed by atoms with Crippen molar-refractivity contribution in [2.75, 3.05) is 19.8 Å². The van der Waals surface area contributed by atoms with E-state index in [4.69, 9.17) is 9.47 Å². The number of nitro benzene ring substituents is 1. The second kappa shape index (κ2) is 7.73. The normalized spacial score (nSPS) is 10.6. The number of ether oxygens (including phenoxy) is 2. The van der Waals surface area contributed by atoms with E-state index in [1.165, 1.54) is 12.1 Å². The fourth-order valence-corrected chi connectivity index (χ4v) is 1.37. The topological polar surface area (TPSA) is 61.6 Å². The molecule has 0 spiro atoms. The molecule has 0 N–H and O–H groups in total. The van der Waals surface area contributed by atoms with Gasteiger partial charge in [-0.25, -0.2) is 0 Å². The van der Waals surface area contributed by atoms with Crippen molar-refractivity contribution in [1.82, 2.24) is 0 Å². The Morgan fingerprint density at radius 1 is 1.28 bits per heavy atom. The highest BCUT2D eigenvalue weighted by atomic mass is 19.1. The van der Waals surface area contributed by atoms with Crippen LogP contribution in [0.15, 0.2) is 18.2 Å². The first kappa shape index (κ1) is 14.5. The van der Waals surface area contributed by atoms with Crippen LogP contribution in [0, 0.1) is 15.9 Å². The first-order chi connectivity index (χ1) is 8.66. The van der Waals surface area contributed by atoms with Gasteiger partial charge in [0.1, 0.15) is 0 Å². The summed E-state index contributed by atoms with van der Waals surface area (Å²) in [6, 6.07) is 4.03. The molecule has 0 aromatic heterocycles. The zero-order chi connectivity index (χ0) is 13.4. The van der Waals surface area contributed by atoms with Crippen LogP contribution in [-0.2, 0) is 16.1 Å². The molecular weight excluding hydrogens is 241 g/mol. The summed E-state index contributed by atoms with van der Waals surface area (Å²) in [6.07, 6.45) is 0.930. The van der Waals surface area contributed by atoms with Crippen LogP contribution in [0.2, 0.25) is 0 Å². The monoisotopic (exact) mass is 257 g/mol. The van der Waals surface area contributed by atoms with Crippen LogP contribution in [-0.4, -0.2) is 24.7 Å². The largest absolute Gasteiger partial charge is 0.379 e. The summed E-state index contributed by atoms with van der Waals surface area (Å²) in [4.78, 5) is 9.78. The minimum absolute atomic E-state index is 0.00297. The van der Waals surface area contributed by atoms with Crippen molar-refractivity contribution in [3.8, 4) is 0 Å². The summed E-state index contributed by atoms with van der Waals surface area (Å²) in [5, 5.41) is 10.5. The third-order valence-electron chi connectivity index (χ3n) is 2.23. The smallest absolute Gasteiger partial charge is 0.305 e. The third-order valence-corrected chi connectivity index (χ3v) is 2.23. The number of halogens is 1. The van der Waals surface area contributed by atoms with Crippen molar-refractivity contribution in [1.29, 1.82) is 0 Å².